The van der Waals surface area contributed by atoms with Crippen molar-refractivity contribution in [3.8, 4) is 11.5 Å². The smallest absolute Gasteiger partial charge is 0.253 e. The zero-order valence-electron chi connectivity index (χ0n) is 17.3. The highest BCUT2D eigenvalue weighted by atomic mass is 16.5. The van der Waals surface area contributed by atoms with Crippen molar-refractivity contribution in [2.24, 2.45) is 0 Å². The molecule has 6 heteroatoms. The van der Waals surface area contributed by atoms with Crippen LogP contribution in [0.25, 0.3) is 0 Å². The molecule has 1 amide bonds. The Morgan fingerprint density at radius 3 is 2.21 bits per heavy atom. The van der Waals surface area contributed by atoms with Crippen molar-refractivity contribution in [2.45, 2.75) is 33.9 Å². The van der Waals surface area contributed by atoms with Crippen LogP contribution in [-0.2, 0) is 13.2 Å². The zero-order valence-corrected chi connectivity index (χ0v) is 17.3. The van der Waals surface area contributed by atoms with E-state index in [9.17, 15) is 4.79 Å². The maximum absolute atomic E-state index is 12.7. The summed E-state index contributed by atoms with van der Waals surface area (Å²) in [5, 5.41) is 3.92. The fraction of sp³-hybridized carbons (Fsp3) is 0.304. The predicted octanol–water partition coefficient (Wildman–Crippen LogP) is 4.54. The van der Waals surface area contributed by atoms with Crippen LogP contribution in [0.15, 0.2) is 53.1 Å². The third-order valence-corrected chi connectivity index (χ3v) is 4.67. The van der Waals surface area contributed by atoms with Crippen LogP contribution in [0.1, 0.15) is 39.9 Å². The van der Waals surface area contributed by atoms with E-state index < -0.39 is 0 Å². The molecular weight excluding hydrogens is 368 g/mol. The third kappa shape index (κ3) is 5.16. The lowest BCUT2D eigenvalue weighted by Crippen LogP contribution is -2.26. The molecule has 0 aliphatic rings. The van der Waals surface area contributed by atoms with E-state index in [1.165, 1.54) is 0 Å². The first-order valence-corrected chi connectivity index (χ1v) is 9.59. The predicted molar refractivity (Wildman–Crippen MR) is 110 cm³/mol. The Bertz CT molecular complexity index is 927. The van der Waals surface area contributed by atoms with E-state index in [1.807, 2.05) is 45.0 Å². The topological polar surface area (TPSA) is 64.8 Å². The lowest BCUT2D eigenvalue weighted by molar-refractivity contribution is 0.0785. The van der Waals surface area contributed by atoms with Gasteiger partial charge in [0.25, 0.3) is 5.91 Å². The molecule has 0 unspecified atom stereocenters. The molecule has 2 aromatic carbocycles. The SMILES string of the molecule is CCOc1ccc(CN(C)C(=O)c2ccc(OCc3c(C)noc3C)cc2)cc1. The van der Waals surface area contributed by atoms with Crippen LogP contribution in [0.3, 0.4) is 0 Å². The van der Waals surface area contributed by atoms with Gasteiger partial charge in [-0.25, -0.2) is 0 Å². The highest BCUT2D eigenvalue weighted by Gasteiger charge is 2.13. The monoisotopic (exact) mass is 394 g/mol. The maximum atomic E-state index is 12.7. The van der Waals surface area contributed by atoms with Crippen LogP contribution in [0, 0.1) is 13.8 Å². The summed E-state index contributed by atoms with van der Waals surface area (Å²) in [6.45, 7) is 7.24. The van der Waals surface area contributed by atoms with Crippen molar-refractivity contribution in [2.75, 3.05) is 13.7 Å². The van der Waals surface area contributed by atoms with Gasteiger partial charge in [0, 0.05) is 19.2 Å². The Hall–Kier alpha value is -3.28. The van der Waals surface area contributed by atoms with Crippen molar-refractivity contribution >= 4 is 5.91 Å². The molecule has 0 saturated heterocycles. The molecule has 0 saturated carbocycles. The molecule has 0 N–H and O–H groups in total. The summed E-state index contributed by atoms with van der Waals surface area (Å²) in [5.41, 5.74) is 3.43. The van der Waals surface area contributed by atoms with Crippen molar-refractivity contribution in [1.82, 2.24) is 10.1 Å². The van der Waals surface area contributed by atoms with E-state index in [2.05, 4.69) is 5.16 Å². The van der Waals surface area contributed by atoms with Gasteiger partial charge in [-0.15, -0.1) is 0 Å². The van der Waals surface area contributed by atoms with Gasteiger partial charge < -0.3 is 18.9 Å². The lowest BCUT2D eigenvalue weighted by atomic mass is 10.1. The molecule has 0 atom stereocenters. The first-order chi connectivity index (χ1) is 14.0. The summed E-state index contributed by atoms with van der Waals surface area (Å²) in [7, 11) is 1.79. The molecule has 0 spiro atoms. The first-order valence-electron chi connectivity index (χ1n) is 9.59. The molecule has 0 bridgehead atoms. The van der Waals surface area contributed by atoms with Crippen LogP contribution < -0.4 is 9.47 Å². The molecule has 3 aromatic rings. The molecular formula is C23H26N2O4. The van der Waals surface area contributed by atoms with Gasteiger partial charge in [-0.3, -0.25) is 4.79 Å². The average Bonchev–Trinajstić information content (AvgIpc) is 3.05. The van der Waals surface area contributed by atoms with E-state index >= 15 is 0 Å². The van der Waals surface area contributed by atoms with Crippen LogP contribution in [0.5, 0.6) is 11.5 Å². The second-order valence-corrected chi connectivity index (χ2v) is 6.85. The Kier molecular flexibility index (Phi) is 6.54. The van der Waals surface area contributed by atoms with Crippen LogP contribution >= 0.6 is 0 Å². The number of hydrogen-bond donors (Lipinski definition) is 0. The van der Waals surface area contributed by atoms with E-state index in [0.29, 0.717) is 31.1 Å². The number of rotatable bonds is 8. The Morgan fingerprint density at radius 1 is 1.00 bits per heavy atom. The van der Waals surface area contributed by atoms with E-state index in [1.54, 1.807) is 36.2 Å². The molecule has 29 heavy (non-hydrogen) atoms. The quantitative estimate of drug-likeness (QED) is 0.561. The molecule has 3 rings (SSSR count). The summed E-state index contributed by atoms with van der Waals surface area (Å²) in [4.78, 5) is 14.4. The minimum absolute atomic E-state index is 0.0452. The number of carbonyl (C=O) groups excluding carboxylic acids is 1. The van der Waals surface area contributed by atoms with Gasteiger partial charge in [0.15, 0.2) is 0 Å². The van der Waals surface area contributed by atoms with Crippen LogP contribution in [-0.4, -0.2) is 29.6 Å². The summed E-state index contributed by atoms with van der Waals surface area (Å²) in [5.74, 6) is 2.23. The van der Waals surface area contributed by atoms with Gasteiger partial charge >= 0.3 is 0 Å². The number of amides is 1. The average molecular weight is 394 g/mol. The maximum Gasteiger partial charge on any atom is 0.253 e. The molecule has 152 valence electrons. The number of hydrogen-bond acceptors (Lipinski definition) is 5. The van der Waals surface area contributed by atoms with Crippen molar-refractivity contribution in [1.29, 1.82) is 0 Å². The van der Waals surface area contributed by atoms with Crippen LogP contribution in [0.2, 0.25) is 0 Å². The first kappa shape index (κ1) is 20.5. The fourth-order valence-corrected chi connectivity index (χ4v) is 2.98. The fourth-order valence-electron chi connectivity index (χ4n) is 2.98. The Morgan fingerprint density at radius 2 is 1.62 bits per heavy atom. The lowest BCUT2D eigenvalue weighted by Gasteiger charge is -2.18. The molecule has 0 aliphatic carbocycles. The number of nitrogens with zero attached hydrogens (tertiary/aromatic N) is 2. The molecule has 0 radical (unpaired) electrons. The van der Waals surface area contributed by atoms with Crippen molar-refractivity contribution < 1.29 is 18.8 Å². The van der Waals surface area contributed by atoms with Gasteiger partial charge in [0.05, 0.1) is 17.9 Å². The number of carbonyl (C=O) groups is 1. The standard InChI is InChI=1S/C23H26N2O4/c1-5-27-20-10-6-18(7-11-20)14-25(4)23(26)19-8-12-21(13-9-19)28-15-22-16(2)24-29-17(22)3/h6-13H,5,14-15H2,1-4H3. The second kappa shape index (κ2) is 9.28. The summed E-state index contributed by atoms with van der Waals surface area (Å²) >= 11 is 0. The van der Waals surface area contributed by atoms with Crippen molar-refractivity contribution in [3.63, 3.8) is 0 Å². The Labute approximate surface area is 171 Å². The minimum Gasteiger partial charge on any atom is -0.494 e. The van der Waals surface area contributed by atoms with Gasteiger partial charge in [0.2, 0.25) is 0 Å². The molecule has 0 fully saturated rings. The number of ether oxygens (including phenoxy) is 2. The van der Waals surface area contributed by atoms with E-state index in [-0.39, 0.29) is 5.91 Å². The summed E-state index contributed by atoms with van der Waals surface area (Å²) in [6.07, 6.45) is 0. The summed E-state index contributed by atoms with van der Waals surface area (Å²) < 4.78 is 16.4. The Balaban J connectivity index is 1.57. The highest BCUT2D eigenvalue weighted by Crippen LogP contribution is 2.19. The highest BCUT2D eigenvalue weighted by molar-refractivity contribution is 5.94. The van der Waals surface area contributed by atoms with Gasteiger partial charge in [0.1, 0.15) is 23.9 Å². The molecule has 6 nitrogen and oxygen atoms in total. The summed E-state index contributed by atoms with van der Waals surface area (Å²) in [6, 6.07) is 14.9. The minimum atomic E-state index is -0.0452. The molecule has 1 aromatic heterocycles. The molecule has 1 heterocycles. The van der Waals surface area contributed by atoms with Crippen molar-refractivity contribution in [3.05, 3.63) is 76.7 Å². The number of benzene rings is 2. The largest absolute Gasteiger partial charge is 0.494 e. The van der Waals surface area contributed by atoms with Gasteiger partial charge in [-0.2, -0.15) is 0 Å². The third-order valence-electron chi connectivity index (χ3n) is 4.67. The normalized spacial score (nSPS) is 10.6. The van der Waals surface area contributed by atoms with E-state index in [4.69, 9.17) is 14.0 Å². The van der Waals surface area contributed by atoms with Crippen LogP contribution in [0.4, 0.5) is 0 Å². The number of aryl methyl sites for hydroxylation is 2. The molecule has 0 aliphatic heterocycles. The van der Waals surface area contributed by atoms with Gasteiger partial charge in [-0.1, -0.05) is 17.3 Å². The van der Waals surface area contributed by atoms with Gasteiger partial charge in [-0.05, 0) is 62.7 Å². The second-order valence-electron chi connectivity index (χ2n) is 6.85. The number of aromatic nitrogens is 1. The van der Waals surface area contributed by atoms with E-state index in [0.717, 1.165) is 28.3 Å². The zero-order chi connectivity index (χ0) is 20.8.